The largest absolute Gasteiger partial charge is 0.241 e. The molecule has 5 nitrogen and oxygen atoms in total. The fourth-order valence-electron chi connectivity index (χ4n) is 1.67. The van der Waals surface area contributed by atoms with Crippen LogP contribution in [-0.4, -0.2) is 34.9 Å². The highest BCUT2D eigenvalue weighted by Crippen LogP contribution is 2.14. The van der Waals surface area contributed by atoms with Crippen LogP contribution in [0.3, 0.4) is 0 Å². The van der Waals surface area contributed by atoms with Crippen LogP contribution in [0.2, 0.25) is 0 Å². The Bertz CT molecular complexity index is 620. The van der Waals surface area contributed by atoms with E-state index >= 15 is 0 Å². The van der Waals surface area contributed by atoms with Crippen LogP contribution in [0.15, 0.2) is 29.2 Å². The third-order valence-corrected chi connectivity index (χ3v) is 5.15. The Morgan fingerprint density at radius 3 is 2.22 bits per heavy atom. The Morgan fingerprint density at radius 2 is 1.72 bits per heavy atom. The van der Waals surface area contributed by atoms with E-state index in [0.29, 0.717) is 5.56 Å². The Kier molecular flexibility index (Phi) is 4.52. The van der Waals surface area contributed by atoms with Gasteiger partial charge in [-0.3, -0.25) is 0 Å². The Labute approximate surface area is 108 Å². The molecule has 0 heterocycles. The number of hydrogen-bond donors (Lipinski definition) is 1. The van der Waals surface area contributed by atoms with Crippen molar-refractivity contribution in [3.8, 4) is 0 Å². The average Bonchev–Trinajstić information content (AvgIpc) is 2.13. The molecule has 0 aliphatic rings. The maximum atomic E-state index is 12.0. The minimum atomic E-state index is -3.68. The van der Waals surface area contributed by atoms with Gasteiger partial charge in [-0.25, -0.2) is 21.6 Å². The van der Waals surface area contributed by atoms with Gasteiger partial charge in [-0.2, -0.15) is 0 Å². The number of sulfone groups is 1. The first-order valence-electron chi connectivity index (χ1n) is 5.37. The maximum Gasteiger partial charge on any atom is 0.241 e. The molecule has 1 unspecified atom stereocenters. The van der Waals surface area contributed by atoms with Gasteiger partial charge in [-0.1, -0.05) is 18.2 Å². The fraction of sp³-hybridized carbons (Fsp3) is 0.455. The molecule has 0 radical (unpaired) electrons. The highest BCUT2D eigenvalue weighted by atomic mass is 32.2. The first-order valence-corrected chi connectivity index (χ1v) is 8.92. The van der Waals surface area contributed by atoms with Crippen molar-refractivity contribution in [2.45, 2.75) is 24.8 Å². The summed E-state index contributed by atoms with van der Waals surface area (Å²) in [6.45, 7) is 3.21. The Balaban J connectivity index is 2.93. The molecule has 0 aliphatic carbocycles. The normalized spacial score (nSPS) is 14.4. The summed E-state index contributed by atoms with van der Waals surface area (Å²) < 4.78 is 48.6. The molecule has 0 amide bonds. The fourth-order valence-corrected chi connectivity index (χ4v) is 4.26. The molecular weight excluding hydrogens is 274 g/mol. The predicted molar refractivity (Wildman–Crippen MR) is 70.7 cm³/mol. The van der Waals surface area contributed by atoms with Gasteiger partial charge < -0.3 is 0 Å². The van der Waals surface area contributed by atoms with Crippen LogP contribution in [0.25, 0.3) is 0 Å². The quantitative estimate of drug-likeness (QED) is 0.866. The summed E-state index contributed by atoms with van der Waals surface area (Å²) in [7, 11) is -6.89. The van der Waals surface area contributed by atoms with E-state index in [0.717, 1.165) is 6.26 Å². The third-order valence-electron chi connectivity index (χ3n) is 2.29. The topological polar surface area (TPSA) is 80.3 Å². The van der Waals surface area contributed by atoms with E-state index in [1.54, 1.807) is 25.1 Å². The summed E-state index contributed by atoms with van der Waals surface area (Å²) in [6, 6.07) is 5.89. The molecule has 0 spiro atoms. The lowest BCUT2D eigenvalue weighted by molar-refractivity contribution is 0.564. The molecule has 1 rings (SSSR count). The smallest absolute Gasteiger partial charge is 0.229 e. The molecule has 0 bridgehead atoms. The second-order valence-corrected chi connectivity index (χ2v) is 8.25. The lowest BCUT2D eigenvalue weighted by Gasteiger charge is -2.14. The number of benzene rings is 1. The zero-order valence-corrected chi connectivity index (χ0v) is 12.2. The summed E-state index contributed by atoms with van der Waals surface area (Å²) in [5.74, 6) is -0.224. The zero-order chi connectivity index (χ0) is 14.0. The van der Waals surface area contributed by atoms with Crippen molar-refractivity contribution in [2.24, 2.45) is 0 Å². The molecule has 102 valence electrons. The molecular formula is C11H17NO4S2. The van der Waals surface area contributed by atoms with Gasteiger partial charge in [0.2, 0.25) is 10.0 Å². The molecule has 0 aromatic heterocycles. The average molecular weight is 291 g/mol. The molecule has 1 aromatic rings. The molecule has 1 aromatic carbocycles. The Hall–Kier alpha value is -0.920. The molecule has 0 saturated carbocycles. The highest BCUT2D eigenvalue weighted by Gasteiger charge is 2.21. The summed E-state index contributed by atoms with van der Waals surface area (Å²) in [4.78, 5) is 0.172. The highest BCUT2D eigenvalue weighted by molar-refractivity contribution is 7.91. The summed E-state index contributed by atoms with van der Waals surface area (Å²) in [5, 5.41) is 0. The molecule has 18 heavy (non-hydrogen) atoms. The minimum Gasteiger partial charge on any atom is -0.229 e. The SMILES string of the molecule is Cc1ccccc1S(=O)(=O)NC(C)CS(C)(=O)=O. The minimum absolute atomic E-state index is 0.172. The monoisotopic (exact) mass is 291 g/mol. The first-order chi connectivity index (χ1) is 8.12. The number of aryl methyl sites for hydroxylation is 1. The molecule has 1 atom stereocenters. The van der Waals surface area contributed by atoms with Gasteiger partial charge in [0, 0.05) is 12.3 Å². The van der Waals surface area contributed by atoms with Crippen LogP contribution in [0.5, 0.6) is 0 Å². The molecule has 0 aliphatic heterocycles. The van der Waals surface area contributed by atoms with E-state index in [1.165, 1.54) is 13.0 Å². The van der Waals surface area contributed by atoms with Crippen molar-refractivity contribution in [2.75, 3.05) is 12.0 Å². The van der Waals surface area contributed by atoms with Crippen molar-refractivity contribution in [3.05, 3.63) is 29.8 Å². The van der Waals surface area contributed by atoms with Crippen molar-refractivity contribution in [1.29, 1.82) is 0 Å². The predicted octanol–water partition coefficient (Wildman–Crippen LogP) is 0.706. The van der Waals surface area contributed by atoms with Gasteiger partial charge >= 0.3 is 0 Å². The second kappa shape index (κ2) is 5.38. The lowest BCUT2D eigenvalue weighted by Crippen LogP contribution is -2.37. The van der Waals surface area contributed by atoms with E-state index in [-0.39, 0.29) is 10.6 Å². The van der Waals surface area contributed by atoms with Crippen LogP contribution in [-0.2, 0) is 19.9 Å². The van der Waals surface area contributed by atoms with E-state index in [1.807, 2.05) is 0 Å². The number of nitrogens with one attached hydrogen (secondary N) is 1. The van der Waals surface area contributed by atoms with Crippen molar-refractivity contribution in [1.82, 2.24) is 4.72 Å². The van der Waals surface area contributed by atoms with Crippen molar-refractivity contribution < 1.29 is 16.8 Å². The van der Waals surface area contributed by atoms with Gasteiger partial charge in [0.15, 0.2) is 0 Å². The van der Waals surface area contributed by atoms with Gasteiger partial charge in [0.25, 0.3) is 0 Å². The van der Waals surface area contributed by atoms with Crippen LogP contribution < -0.4 is 4.72 Å². The summed E-state index contributed by atoms with van der Waals surface area (Å²) in [6.07, 6.45) is 1.07. The van der Waals surface area contributed by atoms with Gasteiger partial charge in [-0.15, -0.1) is 0 Å². The van der Waals surface area contributed by atoms with Crippen LogP contribution in [0.4, 0.5) is 0 Å². The van der Waals surface area contributed by atoms with Crippen molar-refractivity contribution in [3.63, 3.8) is 0 Å². The van der Waals surface area contributed by atoms with E-state index < -0.39 is 25.9 Å². The van der Waals surface area contributed by atoms with Crippen LogP contribution in [0, 0.1) is 6.92 Å². The van der Waals surface area contributed by atoms with Crippen LogP contribution in [0.1, 0.15) is 12.5 Å². The molecule has 7 heteroatoms. The molecule has 0 fully saturated rings. The lowest BCUT2D eigenvalue weighted by atomic mass is 10.2. The standard InChI is InChI=1S/C11H17NO4S2/c1-9-6-4-5-7-11(9)18(15,16)12-10(2)8-17(3,13)14/h4-7,10,12H,8H2,1-3H3. The number of hydrogen-bond acceptors (Lipinski definition) is 4. The van der Waals surface area contributed by atoms with Gasteiger partial charge in [-0.05, 0) is 25.5 Å². The van der Waals surface area contributed by atoms with Crippen LogP contribution >= 0.6 is 0 Å². The second-order valence-electron chi connectivity index (χ2n) is 4.38. The van der Waals surface area contributed by atoms with E-state index in [4.69, 9.17) is 0 Å². The summed E-state index contributed by atoms with van der Waals surface area (Å²) >= 11 is 0. The van der Waals surface area contributed by atoms with E-state index in [2.05, 4.69) is 4.72 Å². The molecule has 0 saturated heterocycles. The summed E-state index contributed by atoms with van der Waals surface area (Å²) in [5.41, 5.74) is 0.622. The van der Waals surface area contributed by atoms with Gasteiger partial charge in [0.05, 0.1) is 10.6 Å². The maximum absolute atomic E-state index is 12.0. The van der Waals surface area contributed by atoms with Crippen molar-refractivity contribution >= 4 is 19.9 Å². The molecule has 1 N–H and O–H groups in total. The number of sulfonamides is 1. The van der Waals surface area contributed by atoms with E-state index in [9.17, 15) is 16.8 Å². The first kappa shape index (κ1) is 15.1. The number of rotatable bonds is 5. The third kappa shape index (κ3) is 4.40. The van der Waals surface area contributed by atoms with Gasteiger partial charge in [0.1, 0.15) is 9.84 Å². The Morgan fingerprint density at radius 1 is 1.17 bits per heavy atom. The zero-order valence-electron chi connectivity index (χ0n) is 10.5.